The van der Waals surface area contributed by atoms with Gasteiger partial charge in [-0.25, -0.2) is 9.59 Å². The molecule has 11 heteroatoms. The number of aryl methyl sites for hydroxylation is 1. The van der Waals surface area contributed by atoms with Crippen molar-refractivity contribution in [1.82, 2.24) is 10.2 Å². The van der Waals surface area contributed by atoms with Gasteiger partial charge in [-0.05, 0) is 33.3 Å². The van der Waals surface area contributed by atoms with Crippen LogP contribution in [0, 0.1) is 13.8 Å². The van der Waals surface area contributed by atoms with Gasteiger partial charge in [0.15, 0.2) is 4.34 Å². The van der Waals surface area contributed by atoms with E-state index in [1.54, 1.807) is 20.8 Å². The Hall–Kier alpha value is -1.98. The first-order chi connectivity index (χ1) is 13.4. The summed E-state index contributed by atoms with van der Waals surface area (Å²) in [4.78, 5) is 37.1. The van der Waals surface area contributed by atoms with Gasteiger partial charge in [0, 0.05) is 12.2 Å². The van der Waals surface area contributed by atoms with Gasteiger partial charge in [0.1, 0.15) is 14.9 Å². The van der Waals surface area contributed by atoms with Crippen molar-refractivity contribution in [3.05, 3.63) is 21.0 Å². The Morgan fingerprint density at radius 2 is 1.71 bits per heavy atom. The zero-order valence-electron chi connectivity index (χ0n) is 16.0. The van der Waals surface area contributed by atoms with Gasteiger partial charge >= 0.3 is 11.9 Å². The molecule has 28 heavy (non-hydrogen) atoms. The number of nitrogens with one attached hydrogen (secondary N) is 1. The minimum atomic E-state index is -0.583. The summed E-state index contributed by atoms with van der Waals surface area (Å²) in [6, 6.07) is 0. The third-order valence-corrected chi connectivity index (χ3v) is 6.56. The van der Waals surface area contributed by atoms with Crippen LogP contribution < -0.4 is 5.32 Å². The molecule has 0 spiro atoms. The maximum Gasteiger partial charge on any atom is 0.348 e. The lowest BCUT2D eigenvalue weighted by atomic mass is 10.1. The van der Waals surface area contributed by atoms with Crippen molar-refractivity contribution in [1.29, 1.82) is 0 Å². The van der Waals surface area contributed by atoms with Gasteiger partial charge in [-0.15, -0.1) is 21.5 Å². The number of amides is 1. The van der Waals surface area contributed by atoms with Crippen LogP contribution >= 0.6 is 34.4 Å². The van der Waals surface area contributed by atoms with E-state index in [9.17, 15) is 14.4 Å². The van der Waals surface area contributed by atoms with E-state index in [-0.39, 0.29) is 36.0 Å². The van der Waals surface area contributed by atoms with E-state index in [1.807, 2.05) is 6.92 Å². The Balaban J connectivity index is 2.10. The number of carbonyl (C=O) groups is 3. The molecule has 0 atom stereocenters. The summed E-state index contributed by atoms with van der Waals surface area (Å²) >= 11 is 3.92. The van der Waals surface area contributed by atoms with Crippen molar-refractivity contribution >= 4 is 57.3 Å². The van der Waals surface area contributed by atoms with E-state index < -0.39 is 11.9 Å². The van der Waals surface area contributed by atoms with Crippen LogP contribution in [0.4, 0.5) is 5.00 Å². The average Bonchev–Trinajstić information content (AvgIpc) is 3.18. The van der Waals surface area contributed by atoms with Gasteiger partial charge < -0.3 is 14.8 Å². The zero-order valence-corrected chi connectivity index (χ0v) is 18.4. The van der Waals surface area contributed by atoms with Crippen molar-refractivity contribution < 1.29 is 23.9 Å². The van der Waals surface area contributed by atoms with Crippen LogP contribution in [0.5, 0.6) is 0 Å². The van der Waals surface area contributed by atoms with Crippen LogP contribution in [0.25, 0.3) is 0 Å². The minimum absolute atomic E-state index is 0.189. The molecule has 1 amide bonds. The van der Waals surface area contributed by atoms with Crippen molar-refractivity contribution in [3.63, 3.8) is 0 Å². The highest BCUT2D eigenvalue weighted by molar-refractivity contribution is 8.01. The topological polar surface area (TPSA) is 107 Å². The highest BCUT2D eigenvalue weighted by Crippen LogP contribution is 2.34. The van der Waals surface area contributed by atoms with E-state index in [0.29, 0.717) is 16.3 Å². The maximum atomic E-state index is 12.3. The number of thiophene rings is 1. The molecule has 2 heterocycles. The number of ether oxygens (including phenoxy) is 2. The summed E-state index contributed by atoms with van der Waals surface area (Å²) in [5.74, 6) is -0.861. The lowest BCUT2D eigenvalue weighted by molar-refractivity contribution is -0.115. The summed E-state index contributed by atoms with van der Waals surface area (Å²) < 4.78 is 10.9. The van der Waals surface area contributed by atoms with Crippen LogP contribution in [-0.2, 0) is 14.3 Å². The van der Waals surface area contributed by atoms with Crippen molar-refractivity contribution in [3.8, 4) is 0 Å². The van der Waals surface area contributed by atoms with Gasteiger partial charge in [-0.2, -0.15) is 0 Å². The van der Waals surface area contributed by atoms with Gasteiger partial charge in [-0.1, -0.05) is 23.1 Å². The first-order valence-corrected chi connectivity index (χ1v) is 11.2. The maximum absolute atomic E-state index is 12.3. The van der Waals surface area contributed by atoms with Gasteiger partial charge in [-0.3, -0.25) is 4.79 Å². The lowest BCUT2D eigenvalue weighted by Gasteiger charge is -2.06. The Bertz CT molecular complexity index is 862. The number of nitrogens with zero attached hydrogens (tertiary/aromatic N) is 2. The second-order valence-corrected chi connectivity index (χ2v) is 8.98. The van der Waals surface area contributed by atoms with Crippen LogP contribution in [0.3, 0.4) is 0 Å². The number of esters is 2. The van der Waals surface area contributed by atoms with Crippen LogP contribution in [0.2, 0.25) is 0 Å². The molecule has 0 fully saturated rings. The molecule has 0 aliphatic carbocycles. The third kappa shape index (κ3) is 5.76. The Morgan fingerprint density at radius 3 is 2.32 bits per heavy atom. The number of rotatable bonds is 9. The van der Waals surface area contributed by atoms with Crippen LogP contribution in [-0.4, -0.2) is 47.0 Å². The number of aromatic nitrogens is 2. The normalized spacial score (nSPS) is 10.6. The summed E-state index contributed by atoms with van der Waals surface area (Å²) in [5, 5.41) is 11.8. The molecule has 8 nitrogen and oxygen atoms in total. The summed E-state index contributed by atoms with van der Waals surface area (Å²) in [6.07, 6.45) is 0.219. The van der Waals surface area contributed by atoms with E-state index in [2.05, 4.69) is 15.5 Å². The predicted octanol–water partition coefficient (Wildman–Crippen LogP) is 3.69. The standard InChI is InChI=1S/C17H21N3O5S3/c1-5-24-15(22)12-9(3)13(16(23)25-6-2)28-14(12)18-11(21)7-8-26-17-20-19-10(4)27-17/h5-8H2,1-4H3,(H,18,21). The Labute approximate surface area is 175 Å². The van der Waals surface area contributed by atoms with Crippen LogP contribution in [0.15, 0.2) is 4.34 Å². The van der Waals surface area contributed by atoms with Gasteiger partial charge in [0.25, 0.3) is 0 Å². The molecule has 0 aliphatic rings. The zero-order chi connectivity index (χ0) is 20.7. The molecule has 0 radical (unpaired) electrons. The predicted molar refractivity (Wildman–Crippen MR) is 110 cm³/mol. The van der Waals surface area contributed by atoms with Gasteiger partial charge in [0.05, 0.1) is 18.8 Å². The van der Waals surface area contributed by atoms with Gasteiger partial charge in [0.2, 0.25) is 5.91 Å². The molecular formula is C17H21N3O5S3. The van der Waals surface area contributed by atoms with E-state index >= 15 is 0 Å². The van der Waals surface area contributed by atoms with E-state index in [4.69, 9.17) is 9.47 Å². The highest BCUT2D eigenvalue weighted by atomic mass is 32.2. The molecule has 1 N–H and O–H groups in total. The molecule has 0 aromatic carbocycles. The SMILES string of the molecule is CCOC(=O)c1sc(NC(=O)CCSc2nnc(C)s2)c(C(=O)OCC)c1C. The second kappa shape index (κ2) is 10.5. The lowest BCUT2D eigenvalue weighted by Crippen LogP contribution is -2.15. The molecule has 2 aromatic rings. The van der Waals surface area contributed by atoms with Crippen molar-refractivity contribution in [2.75, 3.05) is 24.3 Å². The smallest absolute Gasteiger partial charge is 0.348 e. The molecular weight excluding hydrogens is 422 g/mol. The van der Waals surface area contributed by atoms with E-state index in [0.717, 1.165) is 20.7 Å². The molecule has 0 aliphatic heterocycles. The quantitative estimate of drug-likeness (QED) is 0.462. The summed E-state index contributed by atoms with van der Waals surface area (Å²) in [6.45, 7) is 7.30. The number of thioether (sulfide) groups is 1. The largest absolute Gasteiger partial charge is 0.462 e. The fraction of sp³-hybridized carbons (Fsp3) is 0.471. The minimum Gasteiger partial charge on any atom is -0.462 e. The molecule has 2 aromatic heterocycles. The summed E-state index contributed by atoms with van der Waals surface area (Å²) in [7, 11) is 0. The first kappa shape index (κ1) is 22.3. The third-order valence-electron chi connectivity index (χ3n) is 3.40. The Kier molecular flexibility index (Phi) is 8.39. The molecule has 0 bridgehead atoms. The summed E-state index contributed by atoms with van der Waals surface area (Å²) in [5.41, 5.74) is 0.631. The molecule has 0 unspecified atom stereocenters. The second-order valence-electron chi connectivity index (χ2n) is 5.43. The van der Waals surface area contributed by atoms with Crippen LogP contribution in [0.1, 0.15) is 50.9 Å². The average molecular weight is 444 g/mol. The highest BCUT2D eigenvalue weighted by Gasteiger charge is 2.27. The first-order valence-electron chi connectivity index (χ1n) is 8.57. The number of anilines is 1. The van der Waals surface area contributed by atoms with Crippen molar-refractivity contribution in [2.45, 2.75) is 38.5 Å². The number of hydrogen-bond donors (Lipinski definition) is 1. The molecule has 0 saturated carbocycles. The van der Waals surface area contributed by atoms with Crippen molar-refractivity contribution in [2.24, 2.45) is 0 Å². The molecule has 0 saturated heterocycles. The molecule has 2 rings (SSSR count). The number of hydrogen-bond acceptors (Lipinski definition) is 10. The van der Waals surface area contributed by atoms with E-state index in [1.165, 1.54) is 23.1 Å². The Morgan fingerprint density at radius 1 is 1.04 bits per heavy atom. The monoisotopic (exact) mass is 443 g/mol. The number of carbonyl (C=O) groups excluding carboxylic acids is 3. The fourth-order valence-electron chi connectivity index (χ4n) is 2.20. The fourth-order valence-corrected chi connectivity index (χ4v) is 5.13. The molecule has 152 valence electrons.